The Balaban J connectivity index is 2.46. The molecule has 0 aromatic carbocycles. The molecular weight excluding hydrogens is 196 g/mol. The van der Waals surface area contributed by atoms with Gasteiger partial charge in [-0.05, 0) is 51.6 Å². The molecule has 1 heterocycles. The predicted octanol–water partition coefficient (Wildman–Crippen LogP) is 2.89. The molecule has 0 radical (unpaired) electrons. The van der Waals surface area contributed by atoms with Crippen LogP contribution in [0.3, 0.4) is 0 Å². The molecule has 0 aliphatic carbocycles. The van der Waals surface area contributed by atoms with Crippen molar-refractivity contribution in [2.45, 2.75) is 66.0 Å². The summed E-state index contributed by atoms with van der Waals surface area (Å²) in [7, 11) is 0. The first kappa shape index (κ1) is 14.0. The minimum atomic E-state index is 0.471. The van der Waals surface area contributed by atoms with Crippen LogP contribution in [0.15, 0.2) is 0 Å². The molecule has 1 aliphatic rings. The molecule has 2 unspecified atom stereocenters. The second-order valence-electron chi connectivity index (χ2n) is 6.34. The maximum absolute atomic E-state index is 3.65. The summed E-state index contributed by atoms with van der Waals surface area (Å²) in [5, 5.41) is 3.65. The maximum atomic E-state index is 3.65. The van der Waals surface area contributed by atoms with Gasteiger partial charge in [-0.1, -0.05) is 20.8 Å². The van der Waals surface area contributed by atoms with Gasteiger partial charge in [-0.25, -0.2) is 0 Å². The molecule has 16 heavy (non-hydrogen) atoms. The Kier molecular flexibility index (Phi) is 5.26. The number of rotatable bonds is 3. The molecule has 2 atom stereocenters. The minimum absolute atomic E-state index is 0.471. The van der Waals surface area contributed by atoms with Gasteiger partial charge in [0.2, 0.25) is 0 Å². The van der Waals surface area contributed by atoms with Crippen molar-refractivity contribution in [2.75, 3.05) is 19.6 Å². The highest BCUT2D eigenvalue weighted by atomic mass is 15.1. The van der Waals surface area contributed by atoms with Crippen LogP contribution < -0.4 is 5.32 Å². The van der Waals surface area contributed by atoms with Crippen molar-refractivity contribution < 1.29 is 0 Å². The van der Waals surface area contributed by atoms with Gasteiger partial charge in [0.1, 0.15) is 0 Å². The number of nitrogens with zero attached hydrogens (tertiary/aromatic N) is 1. The highest BCUT2D eigenvalue weighted by molar-refractivity contribution is 4.78. The van der Waals surface area contributed by atoms with Crippen molar-refractivity contribution in [3.63, 3.8) is 0 Å². The first-order valence-electron chi connectivity index (χ1n) is 6.91. The van der Waals surface area contributed by atoms with Gasteiger partial charge >= 0.3 is 0 Å². The third-order valence-electron chi connectivity index (χ3n) is 3.93. The second-order valence-corrected chi connectivity index (χ2v) is 6.34. The van der Waals surface area contributed by atoms with Crippen LogP contribution in [0.1, 0.15) is 53.9 Å². The maximum Gasteiger partial charge on any atom is 0.00533 e. The average Bonchev–Trinajstić information content (AvgIpc) is 2.20. The quantitative estimate of drug-likeness (QED) is 0.796. The number of hydrogen-bond acceptors (Lipinski definition) is 2. The Morgan fingerprint density at radius 1 is 1.12 bits per heavy atom. The lowest BCUT2D eigenvalue weighted by Gasteiger charge is -2.35. The molecule has 2 heteroatoms. The zero-order chi connectivity index (χ0) is 12.2. The van der Waals surface area contributed by atoms with Crippen LogP contribution in [0.4, 0.5) is 0 Å². The van der Waals surface area contributed by atoms with Crippen LogP contribution in [0.2, 0.25) is 0 Å². The first-order valence-corrected chi connectivity index (χ1v) is 6.91. The lowest BCUT2D eigenvalue weighted by atomic mass is 9.89. The molecule has 1 aliphatic heterocycles. The molecule has 0 aromatic rings. The van der Waals surface area contributed by atoms with E-state index in [1.807, 2.05) is 0 Å². The summed E-state index contributed by atoms with van der Waals surface area (Å²) in [5.41, 5.74) is 0.471. The van der Waals surface area contributed by atoms with E-state index < -0.39 is 0 Å². The number of hydrogen-bond donors (Lipinski definition) is 1. The summed E-state index contributed by atoms with van der Waals surface area (Å²) in [5.74, 6) is 0. The van der Waals surface area contributed by atoms with E-state index in [0.717, 1.165) is 0 Å². The highest BCUT2D eigenvalue weighted by Crippen LogP contribution is 2.22. The van der Waals surface area contributed by atoms with E-state index in [1.165, 1.54) is 38.9 Å². The van der Waals surface area contributed by atoms with Gasteiger partial charge in [0.05, 0.1) is 0 Å². The van der Waals surface area contributed by atoms with Gasteiger partial charge in [-0.15, -0.1) is 0 Å². The Morgan fingerprint density at radius 3 is 2.06 bits per heavy atom. The largest absolute Gasteiger partial charge is 0.312 e. The van der Waals surface area contributed by atoms with Gasteiger partial charge in [0.25, 0.3) is 0 Å². The fourth-order valence-corrected chi connectivity index (χ4v) is 2.39. The van der Waals surface area contributed by atoms with E-state index in [9.17, 15) is 0 Å². The summed E-state index contributed by atoms with van der Waals surface area (Å²) in [6.45, 7) is 15.5. The number of nitrogens with one attached hydrogen (secondary N) is 1. The standard InChI is InChI=1S/C14H30N2/c1-6-14(4,5)11-16-9-7-12(2)15-13(3)8-10-16/h12-13,15H,6-11H2,1-5H3. The molecule has 0 saturated carbocycles. The molecule has 0 aromatic heterocycles. The molecule has 0 amide bonds. The van der Waals surface area contributed by atoms with Crippen molar-refractivity contribution in [3.8, 4) is 0 Å². The Hall–Kier alpha value is -0.0800. The third kappa shape index (κ3) is 4.84. The van der Waals surface area contributed by atoms with Crippen LogP contribution in [0, 0.1) is 5.41 Å². The van der Waals surface area contributed by atoms with Gasteiger partial charge in [-0.3, -0.25) is 0 Å². The highest BCUT2D eigenvalue weighted by Gasteiger charge is 2.22. The van der Waals surface area contributed by atoms with Gasteiger partial charge < -0.3 is 10.2 Å². The molecule has 1 rings (SSSR count). The van der Waals surface area contributed by atoms with Crippen LogP contribution in [-0.2, 0) is 0 Å². The van der Waals surface area contributed by atoms with Crippen LogP contribution in [0.5, 0.6) is 0 Å². The van der Waals surface area contributed by atoms with E-state index in [1.54, 1.807) is 0 Å². The van der Waals surface area contributed by atoms with Crippen molar-refractivity contribution >= 4 is 0 Å². The molecule has 1 N–H and O–H groups in total. The second kappa shape index (κ2) is 6.02. The predicted molar refractivity (Wildman–Crippen MR) is 71.8 cm³/mol. The van der Waals surface area contributed by atoms with Crippen LogP contribution >= 0.6 is 0 Å². The molecular formula is C14H30N2. The van der Waals surface area contributed by atoms with Gasteiger partial charge in [0, 0.05) is 18.6 Å². The molecule has 1 saturated heterocycles. The van der Waals surface area contributed by atoms with Crippen molar-refractivity contribution in [3.05, 3.63) is 0 Å². The smallest absolute Gasteiger partial charge is 0.00533 e. The summed E-state index contributed by atoms with van der Waals surface area (Å²) in [6, 6.07) is 1.34. The van der Waals surface area contributed by atoms with Crippen molar-refractivity contribution in [2.24, 2.45) is 5.41 Å². The zero-order valence-corrected chi connectivity index (χ0v) is 11.8. The SMILES string of the molecule is CCC(C)(C)CN1CCC(C)NC(C)CC1. The normalized spacial score (nSPS) is 29.8. The average molecular weight is 226 g/mol. The van der Waals surface area contributed by atoms with Crippen LogP contribution in [0.25, 0.3) is 0 Å². The molecule has 2 nitrogen and oxygen atoms in total. The van der Waals surface area contributed by atoms with E-state index in [-0.39, 0.29) is 0 Å². The van der Waals surface area contributed by atoms with Gasteiger partial charge in [-0.2, -0.15) is 0 Å². The topological polar surface area (TPSA) is 15.3 Å². The Bertz CT molecular complexity index is 189. The first-order chi connectivity index (χ1) is 7.43. The molecule has 0 bridgehead atoms. The van der Waals surface area contributed by atoms with E-state index >= 15 is 0 Å². The minimum Gasteiger partial charge on any atom is -0.312 e. The Morgan fingerprint density at radius 2 is 1.62 bits per heavy atom. The monoisotopic (exact) mass is 226 g/mol. The Labute approximate surface area is 102 Å². The molecule has 0 spiro atoms. The summed E-state index contributed by atoms with van der Waals surface area (Å²) in [4.78, 5) is 2.66. The molecule has 1 fully saturated rings. The summed E-state index contributed by atoms with van der Waals surface area (Å²) >= 11 is 0. The molecule has 96 valence electrons. The van der Waals surface area contributed by atoms with Crippen LogP contribution in [-0.4, -0.2) is 36.6 Å². The fourth-order valence-electron chi connectivity index (χ4n) is 2.39. The van der Waals surface area contributed by atoms with E-state index in [4.69, 9.17) is 0 Å². The van der Waals surface area contributed by atoms with Gasteiger partial charge in [0.15, 0.2) is 0 Å². The lowest BCUT2D eigenvalue weighted by molar-refractivity contribution is 0.149. The third-order valence-corrected chi connectivity index (χ3v) is 3.93. The van der Waals surface area contributed by atoms with E-state index in [0.29, 0.717) is 17.5 Å². The zero-order valence-electron chi connectivity index (χ0n) is 11.8. The summed E-state index contributed by atoms with van der Waals surface area (Å²) < 4.78 is 0. The van der Waals surface area contributed by atoms with Crippen molar-refractivity contribution in [1.82, 2.24) is 10.2 Å². The lowest BCUT2D eigenvalue weighted by Crippen LogP contribution is -2.45. The summed E-state index contributed by atoms with van der Waals surface area (Å²) in [6.07, 6.45) is 3.83. The fraction of sp³-hybridized carbons (Fsp3) is 1.00. The van der Waals surface area contributed by atoms with E-state index in [2.05, 4.69) is 44.8 Å². The van der Waals surface area contributed by atoms with Crippen molar-refractivity contribution in [1.29, 1.82) is 0 Å².